The standard InChI is InChI=1S/C15H15FN6O/c16-12-10(2-1-5-17-12)15(23)3-6-22(7-4-15)14-11-13(19-8-18-11)20-9-21-14/h1-2,5,8-9,23H,3-4,6-7H2,(H,18,19,20,21). The Labute approximate surface area is 131 Å². The van der Waals surface area contributed by atoms with Crippen molar-refractivity contribution in [3.8, 4) is 0 Å². The Morgan fingerprint density at radius 1 is 1.17 bits per heavy atom. The Morgan fingerprint density at radius 3 is 2.78 bits per heavy atom. The highest BCUT2D eigenvalue weighted by atomic mass is 19.1. The predicted octanol–water partition coefficient (Wildman–Crippen LogP) is 1.37. The van der Waals surface area contributed by atoms with E-state index in [1.165, 1.54) is 12.5 Å². The van der Waals surface area contributed by atoms with E-state index in [1.807, 2.05) is 4.90 Å². The number of aromatic nitrogens is 5. The number of aromatic amines is 1. The van der Waals surface area contributed by atoms with Crippen LogP contribution in [0.15, 0.2) is 31.0 Å². The molecule has 8 heteroatoms. The summed E-state index contributed by atoms with van der Waals surface area (Å²) >= 11 is 0. The molecule has 23 heavy (non-hydrogen) atoms. The van der Waals surface area contributed by atoms with Gasteiger partial charge in [-0.05, 0) is 18.9 Å². The van der Waals surface area contributed by atoms with Crippen molar-refractivity contribution in [1.29, 1.82) is 0 Å². The van der Waals surface area contributed by atoms with Crippen molar-refractivity contribution in [1.82, 2.24) is 24.9 Å². The maximum absolute atomic E-state index is 13.9. The first-order valence-corrected chi connectivity index (χ1v) is 7.40. The Bertz CT molecular complexity index is 843. The van der Waals surface area contributed by atoms with E-state index in [9.17, 15) is 9.50 Å². The van der Waals surface area contributed by atoms with Crippen molar-refractivity contribution in [3.05, 3.63) is 42.5 Å². The van der Waals surface area contributed by atoms with Gasteiger partial charge in [0.05, 0.1) is 11.9 Å². The van der Waals surface area contributed by atoms with E-state index in [-0.39, 0.29) is 5.56 Å². The lowest BCUT2D eigenvalue weighted by molar-refractivity contribution is 0.00771. The zero-order chi connectivity index (χ0) is 15.9. The Balaban J connectivity index is 1.60. The summed E-state index contributed by atoms with van der Waals surface area (Å²) < 4.78 is 13.9. The van der Waals surface area contributed by atoms with Crippen molar-refractivity contribution >= 4 is 17.0 Å². The molecule has 1 aliphatic rings. The van der Waals surface area contributed by atoms with Crippen LogP contribution < -0.4 is 4.90 Å². The van der Waals surface area contributed by atoms with E-state index in [1.54, 1.807) is 18.5 Å². The third kappa shape index (κ3) is 2.31. The summed E-state index contributed by atoms with van der Waals surface area (Å²) in [5, 5.41) is 10.8. The molecule has 2 N–H and O–H groups in total. The van der Waals surface area contributed by atoms with Gasteiger partial charge in [0.15, 0.2) is 11.5 Å². The van der Waals surface area contributed by atoms with E-state index in [0.717, 1.165) is 11.3 Å². The van der Waals surface area contributed by atoms with Crippen LogP contribution in [-0.2, 0) is 5.60 Å². The molecule has 4 rings (SSSR count). The van der Waals surface area contributed by atoms with Crippen LogP contribution in [-0.4, -0.2) is 43.1 Å². The molecule has 3 aromatic heterocycles. The summed E-state index contributed by atoms with van der Waals surface area (Å²) in [4.78, 5) is 21.3. The Morgan fingerprint density at radius 2 is 2.00 bits per heavy atom. The van der Waals surface area contributed by atoms with Crippen molar-refractivity contribution < 1.29 is 9.50 Å². The number of rotatable bonds is 2. The highest BCUT2D eigenvalue weighted by Crippen LogP contribution is 2.35. The summed E-state index contributed by atoms with van der Waals surface area (Å²) in [5.41, 5.74) is 0.434. The quantitative estimate of drug-likeness (QED) is 0.694. The van der Waals surface area contributed by atoms with Crippen LogP contribution in [0.3, 0.4) is 0 Å². The minimum atomic E-state index is -1.20. The molecule has 0 bridgehead atoms. The number of halogens is 1. The number of fused-ring (bicyclic) bond motifs is 1. The van der Waals surface area contributed by atoms with Crippen LogP contribution >= 0.6 is 0 Å². The van der Waals surface area contributed by atoms with Crippen molar-refractivity contribution in [2.75, 3.05) is 18.0 Å². The highest BCUT2D eigenvalue weighted by Gasteiger charge is 2.37. The number of hydrogen-bond donors (Lipinski definition) is 2. The number of aliphatic hydroxyl groups is 1. The molecule has 0 unspecified atom stereocenters. The number of piperidine rings is 1. The van der Waals surface area contributed by atoms with Crippen LogP contribution in [0.4, 0.5) is 10.2 Å². The summed E-state index contributed by atoms with van der Waals surface area (Å²) in [5.74, 6) is 0.141. The molecule has 1 saturated heterocycles. The third-order valence-corrected chi connectivity index (χ3v) is 4.35. The fourth-order valence-electron chi connectivity index (χ4n) is 3.08. The molecule has 1 fully saturated rings. The lowest BCUT2D eigenvalue weighted by atomic mass is 9.85. The predicted molar refractivity (Wildman–Crippen MR) is 81.2 cm³/mol. The first-order chi connectivity index (χ1) is 11.2. The zero-order valence-corrected chi connectivity index (χ0v) is 12.3. The van der Waals surface area contributed by atoms with Crippen LogP contribution in [0.1, 0.15) is 18.4 Å². The second-order valence-electron chi connectivity index (χ2n) is 5.66. The van der Waals surface area contributed by atoms with Crippen LogP contribution in [0, 0.1) is 5.95 Å². The molecular weight excluding hydrogens is 299 g/mol. The SMILES string of the molecule is OC1(c2cccnc2F)CCN(c2ncnc3nc[nH]c23)CC1. The molecule has 4 heterocycles. The van der Waals surface area contributed by atoms with Gasteiger partial charge < -0.3 is 15.0 Å². The molecule has 0 radical (unpaired) electrons. The highest BCUT2D eigenvalue weighted by molar-refractivity contribution is 5.82. The molecule has 0 atom stereocenters. The molecule has 1 aliphatic heterocycles. The lowest BCUT2D eigenvalue weighted by Crippen LogP contribution is -2.43. The normalized spacial score (nSPS) is 17.6. The second kappa shape index (κ2) is 5.24. The van der Waals surface area contributed by atoms with Gasteiger partial charge in [0, 0.05) is 24.8 Å². The van der Waals surface area contributed by atoms with Gasteiger partial charge in [-0.3, -0.25) is 0 Å². The van der Waals surface area contributed by atoms with E-state index < -0.39 is 11.5 Å². The van der Waals surface area contributed by atoms with Gasteiger partial charge in [-0.2, -0.15) is 4.39 Å². The fraction of sp³-hybridized carbons (Fsp3) is 0.333. The first kappa shape index (κ1) is 14.0. The largest absolute Gasteiger partial charge is 0.385 e. The number of nitrogens with one attached hydrogen (secondary N) is 1. The van der Waals surface area contributed by atoms with Crippen molar-refractivity contribution in [2.24, 2.45) is 0 Å². The van der Waals surface area contributed by atoms with E-state index in [2.05, 4.69) is 24.9 Å². The minimum Gasteiger partial charge on any atom is -0.385 e. The number of pyridine rings is 1. The zero-order valence-electron chi connectivity index (χ0n) is 12.3. The van der Waals surface area contributed by atoms with E-state index in [4.69, 9.17) is 0 Å². The van der Waals surface area contributed by atoms with E-state index >= 15 is 0 Å². The van der Waals surface area contributed by atoms with E-state index in [0.29, 0.717) is 31.6 Å². The van der Waals surface area contributed by atoms with Crippen LogP contribution in [0.25, 0.3) is 11.2 Å². The summed E-state index contributed by atoms with van der Waals surface area (Å²) in [6, 6.07) is 3.23. The topological polar surface area (TPSA) is 90.8 Å². The maximum Gasteiger partial charge on any atom is 0.218 e. The van der Waals surface area contributed by atoms with Crippen molar-refractivity contribution in [2.45, 2.75) is 18.4 Å². The smallest absolute Gasteiger partial charge is 0.218 e. The second-order valence-corrected chi connectivity index (χ2v) is 5.66. The van der Waals surface area contributed by atoms with Crippen LogP contribution in [0.5, 0.6) is 0 Å². The summed E-state index contributed by atoms with van der Waals surface area (Å²) in [6.45, 7) is 1.10. The molecule has 0 aromatic carbocycles. The van der Waals surface area contributed by atoms with Gasteiger partial charge in [-0.1, -0.05) is 6.07 Å². The molecule has 118 valence electrons. The minimum absolute atomic E-state index is 0.258. The molecule has 0 spiro atoms. The third-order valence-electron chi connectivity index (χ3n) is 4.35. The number of nitrogens with zero attached hydrogens (tertiary/aromatic N) is 5. The van der Waals surface area contributed by atoms with Crippen LogP contribution in [0.2, 0.25) is 0 Å². The van der Waals surface area contributed by atoms with Gasteiger partial charge in [-0.15, -0.1) is 0 Å². The maximum atomic E-state index is 13.9. The average molecular weight is 314 g/mol. The van der Waals surface area contributed by atoms with Gasteiger partial charge in [0.1, 0.15) is 11.8 Å². The fourth-order valence-corrected chi connectivity index (χ4v) is 3.08. The monoisotopic (exact) mass is 314 g/mol. The number of imidazole rings is 1. The molecule has 0 saturated carbocycles. The number of hydrogen-bond acceptors (Lipinski definition) is 6. The average Bonchev–Trinajstić information content (AvgIpc) is 3.04. The lowest BCUT2D eigenvalue weighted by Gasteiger charge is -2.38. The number of H-pyrrole nitrogens is 1. The Hall–Kier alpha value is -2.61. The molecule has 7 nitrogen and oxygen atoms in total. The number of anilines is 1. The van der Waals surface area contributed by atoms with Gasteiger partial charge in [0.2, 0.25) is 5.95 Å². The molecule has 0 aliphatic carbocycles. The van der Waals surface area contributed by atoms with Gasteiger partial charge in [0.25, 0.3) is 0 Å². The molecule has 3 aromatic rings. The van der Waals surface area contributed by atoms with Gasteiger partial charge >= 0.3 is 0 Å². The molecular formula is C15H15FN6O. The Kier molecular flexibility index (Phi) is 3.19. The summed E-state index contributed by atoms with van der Waals surface area (Å²) in [6.07, 6.45) is 5.23. The summed E-state index contributed by atoms with van der Waals surface area (Å²) in [7, 11) is 0. The first-order valence-electron chi connectivity index (χ1n) is 7.40. The van der Waals surface area contributed by atoms with Crippen molar-refractivity contribution in [3.63, 3.8) is 0 Å². The molecule has 0 amide bonds. The van der Waals surface area contributed by atoms with Gasteiger partial charge in [-0.25, -0.2) is 19.9 Å².